The van der Waals surface area contributed by atoms with E-state index in [0.29, 0.717) is 0 Å². The largest absolute Gasteiger partial charge is 0.315 e. The van der Waals surface area contributed by atoms with Crippen LogP contribution in [0.25, 0.3) is 0 Å². The second-order valence-corrected chi connectivity index (χ2v) is 6.44. The summed E-state index contributed by atoms with van der Waals surface area (Å²) in [5.74, 6) is 0. The molecule has 104 valence electrons. The average Bonchev–Trinajstić information content (AvgIpc) is 2.38. The topological polar surface area (TPSA) is 12.0 Å². The van der Waals surface area contributed by atoms with Gasteiger partial charge in [0.15, 0.2) is 0 Å². The second kappa shape index (κ2) is 5.40. The lowest BCUT2D eigenvalue weighted by atomic mass is 9.71. The van der Waals surface area contributed by atoms with Crippen molar-refractivity contribution >= 4 is 23.2 Å². The Morgan fingerprint density at radius 2 is 1.60 bits per heavy atom. The van der Waals surface area contributed by atoms with Gasteiger partial charge in [0.05, 0.1) is 0 Å². The first-order valence-corrected chi connectivity index (χ1v) is 7.57. The standard InChI is InChI=1S/C17H17Cl2N/c1-12-5-7-13(8-6-12)17(10-20-11-17)9-14-15(18)3-2-4-16(14)19/h2-8,20H,9-11H2,1H3. The van der Waals surface area contributed by atoms with Gasteiger partial charge >= 0.3 is 0 Å². The summed E-state index contributed by atoms with van der Waals surface area (Å²) in [7, 11) is 0. The normalized spacial score (nSPS) is 16.8. The maximum Gasteiger partial charge on any atom is 0.0453 e. The highest BCUT2D eigenvalue weighted by atomic mass is 35.5. The summed E-state index contributed by atoms with van der Waals surface area (Å²) in [6.45, 7) is 4.05. The molecule has 0 saturated carbocycles. The Labute approximate surface area is 129 Å². The van der Waals surface area contributed by atoms with Crippen molar-refractivity contribution < 1.29 is 0 Å². The van der Waals surface area contributed by atoms with E-state index in [2.05, 4.69) is 36.5 Å². The van der Waals surface area contributed by atoms with Crippen LogP contribution in [0.1, 0.15) is 16.7 Å². The zero-order valence-electron chi connectivity index (χ0n) is 11.4. The van der Waals surface area contributed by atoms with Gasteiger partial charge in [-0.1, -0.05) is 59.1 Å². The first kappa shape index (κ1) is 13.9. The Bertz CT molecular complexity index is 595. The smallest absolute Gasteiger partial charge is 0.0453 e. The molecule has 2 aromatic rings. The monoisotopic (exact) mass is 305 g/mol. The third kappa shape index (κ3) is 2.46. The van der Waals surface area contributed by atoms with Crippen LogP contribution >= 0.6 is 23.2 Å². The third-order valence-corrected chi connectivity index (χ3v) is 4.88. The molecule has 1 fully saturated rings. The van der Waals surface area contributed by atoms with Gasteiger partial charge in [0.25, 0.3) is 0 Å². The molecular weight excluding hydrogens is 289 g/mol. The Kier molecular flexibility index (Phi) is 3.76. The summed E-state index contributed by atoms with van der Waals surface area (Å²) in [4.78, 5) is 0. The molecule has 0 unspecified atom stereocenters. The molecule has 0 aliphatic carbocycles. The van der Waals surface area contributed by atoms with Crippen LogP contribution in [-0.2, 0) is 11.8 Å². The first-order chi connectivity index (χ1) is 9.61. The van der Waals surface area contributed by atoms with Gasteiger partial charge in [-0.15, -0.1) is 0 Å². The fraction of sp³-hybridized carbons (Fsp3) is 0.294. The number of hydrogen-bond acceptors (Lipinski definition) is 1. The quantitative estimate of drug-likeness (QED) is 0.887. The highest BCUT2D eigenvalue weighted by Gasteiger charge is 2.39. The minimum Gasteiger partial charge on any atom is -0.315 e. The van der Waals surface area contributed by atoms with Crippen molar-refractivity contribution in [3.63, 3.8) is 0 Å². The van der Waals surface area contributed by atoms with E-state index < -0.39 is 0 Å². The number of benzene rings is 2. The summed E-state index contributed by atoms with van der Waals surface area (Å²) in [5.41, 5.74) is 3.81. The van der Waals surface area contributed by atoms with E-state index in [4.69, 9.17) is 23.2 Å². The van der Waals surface area contributed by atoms with Gasteiger partial charge in [0.1, 0.15) is 0 Å². The number of hydrogen-bond donors (Lipinski definition) is 1. The lowest BCUT2D eigenvalue weighted by Gasteiger charge is -2.44. The van der Waals surface area contributed by atoms with Gasteiger partial charge < -0.3 is 5.32 Å². The van der Waals surface area contributed by atoms with Crippen LogP contribution in [-0.4, -0.2) is 13.1 Å². The van der Waals surface area contributed by atoms with E-state index in [9.17, 15) is 0 Å². The maximum absolute atomic E-state index is 6.32. The van der Waals surface area contributed by atoms with Crippen molar-refractivity contribution in [2.24, 2.45) is 0 Å². The van der Waals surface area contributed by atoms with Crippen molar-refractivity contribution in [3.05, 3.63) is 69.2 Å². The van der Waals surface area contributed by atoms with Crippen molar-refractivity contribution in [3.8, 4) is 0 Å². The fourth-order valence-electron chi connectivity index (χ4n) is 2.80. The van der Waals surface area contributed by atoms with Crippen molar-refractivity contribution in [2.45, 2.75) is 18.8 Å². The van der Waals surface area contributed by atoms with Crippen LogP contribution in [0.15, 0.2) is 42.5 Å². The van der Waals surface area contributed by atoms with Crippen molar-refractivity contribution in [1.82, 2.24) is 5.32 Å². The predicted octanol–water partition coefficient (Wildman–Crippen LogP) is 4.39. The van der Waals surface area contributed by atoms with E-state index in [1.165, 1.54) is 11.1 Å². The highest BCUT2D eigenvalue weighted by Crippen LogP contribution is 2.37. The Balaban J connectivity index is 1.96. The number of nitrogens with one attached hydrogen (secondary N) is 1. The summed E-state index contributed by atoms with van der Waals surface area (Å²) < 4.78 is 0. The van der Waals surface area contributed by atoms with Gasteiger partial charge in [0, 0.05) is 28.5 Å². The predicted molar refractivity (Wildman–Crippen MR) is 85.9 cm³/mol. The number of aryl methyl sites for hydroxylation is 1. The molecule has 0 aromatic heterocycles. The molecular formula is C17H17Cl2N. The molecule has 0 bridgehead atoms. The van der Waals surface area contributed by atoms with Crippen LogP contribution in [0.2, 0.25) is 10.0 Å². The van der Waals surface area contributed by atoms with Crippen LogP contribution < -0.4 is 5.32 Å². The molecule has 20 heavy (non-hydrogen) atoms. The Hall–Kier alpha value is -1.02. The zero-order valence-corrected chi connectivity index (χ0v) is 12.9. The fourth-order valence-corrected chi connectivity index (χ4v) is 3.34. The summed E-state index contributed by atoms with van der Waals surface area (Å²) in [5, 5.41) is 4.91. The Morgan fingerprint density at radius 1 is 1.00 bits per heavy atom. The number of rotatable bonds is 3. The molecule has 0 spiro atoms. The molecule has 2 aromatic carbocycles. The lowest BCUT2D eigenvalue weighted by Crippen LogP contribution is -2.58. The van der Waals surface area contributed by atoms with Gasteiger partial charge in [0.2, 0.25) is 0 Å². The first-order valence-electron chi connectivity index (χ1n) is 6.81. The molecule has 0 atom stereocenters. The highest BCUT2D eigenvalue weighted by molar-refractivity contribution is 6.36. The van der Waals surface area contributed by atoms with Crippen LogP contribution in [0.5, 0.6) is 0 Å². The summed E-state index contributed by atoms with van der Waals surface area (Å²) in [6, 6.07) is 14.5. The van der Waals surface area contributed by atoms with E-state index in [0.717, 1.165) is 35.1 Å². The summed E-state index contributed by atoms with van der Waals surface area (Å²) >= 11 is 12.6. The Morgan fingerprint density at radius 3 is 2.10 bits per heavy atom. The van der Waals surface area contributed by atoms with Gasteiger partial charge in [-0.05, 0) is 36.6 Å². The van der Waals surface area contributed by atoms with Crippen molar-refractivity contribution in [2.75, 3.05) is 13.1 Å². The SMILES string of the molecule is Cc1ccc(C2(Cc3c(Cl)cccc3Cl)CNC2)cc1. The van der Waals surface area contributed by atoms with E-state index in [-0.39, 0.29) is 5.41 Å². The minimum absolute atomic E-state index is 0.113. The van der Waals surface area contributed by atoms with Crippen LogP contribution in [0, 0.1) is 6.92 Å². The molecule has 1 aliphatic rings. The van der Waals surface area contributed by atoms with Gasteiger partial charge in [-0.2, -0.15) is 0 Å². The molecule has 1 saturated heterocycles. The van der Waals surface area contributed by atoms with E-state index in [1.54, 1.807) is 0 Å². The van der Waals surface area contributed by atoms with E-state index in [1.807, 2.05) is 18.2 Å². The third-order valence-electron chi connectivity index (χ3n) is 4.17. The molecule has 3 rings (SSSR count). The van der Waals surface area contributed by atoms with Crippen molar-refractivity contribution in [1.29, 1.82) is 0 Å². The maximum atomic E-state index is 6.32. The van der Waals surface area contributed by atoms with Gasteiger partial charge in [-0.25, -0.2) is 0 Å². The minimum atomic E-state index is 0.113. The average molecular weight is 306 g/mol. The van der Waals surface area contributed by atoms with Gasteiger partial charge in [-0.3, -0.25) is 0 Å². The molecule has 1 aliphatic heterocycles. The molecule has 0 radical (unpaired) electrons. The van der Waals surface area contributed by atoms with Crippen LogP contribution in [0.4, 0.5) is 0 Å². The second-order valence-electron chi connectivity index (χ2n) is 5.63. The molecule has 3 heteroatoms. The zero-order chi connectivity index (χ0) is 14.2. The molecule has 1 nitrogen and oxygen atoms in total. The van der Waals surface area contributed by atoms with E-state index >= 15 is 0 Å². The lowest BCUT2D eigenvalue weighted by molar-refractivity contribution is 0.275. The number of halogens is 2. The molecule has 1 N–H and O–H groups in total. The molecule has 1 heterocycles. The summed E-state index contributed by atoms with van der Waals surface area (Å²) in [6.07, 6.45) is 0.877. The molecule has 0 amide bonds. The van der Waals surface area contributed by atoms with Crippen LogP contribution in [0.3, 0.4) is 0 Å².